The molecule has 0 saturated carbocycles. The maximum atomic E-state index is 5.19. The maximum Gasteiger partial charge on any atom is 0.191 e. The van der Waals surface area contributed by atoms with Gasteiger partial charge in [-0.15, -0.1) is 0 Å². The third-order valence-corrected chi connectivity index (χ3v) is 4.58. The summed E-state index contributed by atoms with van der Waals surface area (Å²) in [7, 11) is 1.69. The molecule has 0 aliphatic carbocycles. The molecule has 1 fully saturated rings. The molecule has 5 nitrogen and oxygen atoms in total. The fourth-order valence-corrected chi connectivity index (χ4v) is 3.17. The van der Waals surface area contributed by atoms with Crippen LogP contribution in [0.1, 0.15) is 38.7 Å². The number of ether oxygens (including phenoxy) is 1. The second-order valence-corrected chi connectivity index (χ2v) is 6.20. The highest BCUT2D eigenvalue weighted by Crippen LogP contribution is 2.15. The standard InChI is InChI=1S/C19H32N4O/c1-4-20-19(21-14-16-9-11-18(24-3)12-10-16)22-15-17-8-6-7-13-23(17)5-2/h9-12,17H,4-8,13-15H2,1-3H3,(H2,20,21,22). The van der Waals surface area contributed by atoms with Gasteiger partial charge in [0.1, 0.15) is 5.75 Å². The number of likely N-dealkylation sites (tertiary alicyclic amines) is 1. The Labute approximate surface area is 146 Å². The number of nitrogens with zero attached hydrogens (tertiary/aromatic N) is 2. The molecule has 1 atom stereocenters. The fraction of sp³-hybridized carbons (Fsp3) is 0.632. The van der Waals surface area contributed by atoms with Crippen molar-refractivity contribution in [2.75, 3.05) is 33.3 Å². The number of benzene rings is 1. The molecule has 24 heavy (non-hydrogen) atoms. The Kier molecular flexibility index (Phi) is 7.89. The molecular weight excluding hydrogens is 300 g/mol. The SMILES string of the molecule is CCNC(=NCc1ccc(OC)cc1)NCC1CCCCN1CC. The van der Waals surface area contributed by atoms with Crippen LogP contribution in [0.5, 0.6) is 5.75 Å². The number of methoxy groups -OCH3 is 1. The molecule has 0 aromatic heterocycles. The minimum atomic E-state index is 0.619. The van der Waals surface area contributed by atoms with Gasteiger partial charge in [0, 0.05) is 19.1 Å². The average molecular weight is 332 g/mol. The van der Waals surface area contributed by atoms with E-state index in [0.29, 0.717) is 12.6 Å². The first kappa shape index (κ1) is 18.6. The van der Waals surface area contributed by atoms with Crippen molar-refractivity contribution in [2.45, 2.75) is 45.7 Å². The van der Waals surface area contributed by atoms with Crippen LogP contribution in [0.4, 0.5) is 0 Å². The monoisotopic (exact) mass is 332 g/mol. The van der Waals surface area contributed by atoms with Crippen LogP contribution in [-0.2, 0) is 6.54 Å². The number of rotatable bonds is 7. The van der Waals surface area contributed by atoms with E-state index < -0.39 is 0 Å². The van der Waals surface area contributed by atoms with Crippen molar-refractivity contribution in [3.63, 3.8) is 0 Å². The van der Waals surface area contributed by atoms with Crippen LogP contribution < -0.4 is 15.4 Å². The van der Waals surface area contributed by atoms with E-state index in [2.05, 4.69) is 41.5 Å². The molecule has 2 N–H and O–H groups in total. The Balaban J connectivity index is 1.89. The zero-order valence-electron chi connectivity index (χ0n) is 15.3. The highest BCUT2D eigenvalue weighted by Gasteiger charge is 2.20. The fourth-order valence-electron chi connectivity index (χ4n) is 3.17. The van der Waals surface area contributed by atoms with Gasteiger partial charge in [-0.25, -0.2) is 4.99 Å². The Hall–Kier alpha value is -1.75. The third-order valence-electron chi connectivity index (χ3n) is 4.58. The number of nitrogens with one attached hydrogen (secondary N) is 2. The molecule has 5 heteroatoms. The molecule has 1 aromatic rings. The lowest BCUT2D eigenvalue weighted by atomic mass is 10.0. The summed E-state index contributed by atoms with van der Waals surface area (Å²) in [5.74, 6) is 1.78. The largest absolute Gasteiger partial charge is 0.497 e. The predicted octanol–water partition coefficient (Wildman–Crippen LogP) is 2.62. The summed E-state index contributed by atoms with van der Waals surface area (Å²) in [5.41, 5.74) is 1.18. The van der Waals surface area contributed by atoms with Crippen molar-refractivity contribution < 1.29 is 4.74 Å². The molecule has 2 rings (SSSR count). The second-order valence-electron chi connectivity index (χ2n) is 6.20. The number of guanidine groups is 1. The minimum absolute atomic E-state index is 0.619. The molecule has 1 unspecified atom stereocenters. The van der Waals surface area contributed by atoms with Crippen LogP contribution in [-0.4, -0.2) is 50.2 Å². The zero-order chi connectivity index (χ0) is 17.2. The van der Waals surface area contributed by atoms with E-state index >= 15 is 0 Å². The van der Waals surface area contributed by atoms with Crippen LogP contribution in [0.15, 0.2) is 29.3 Å². The quantitative estimate of drug-likeness (QED) is 0.595. The number of piperidine rings is 1. The summed E-state index contributed by atoms with van der Waals surface area (Å²) in [6, 6.07) is 8.70. The summed E-state index contributed by atoms with van der Waals surface area (Å²) >= 11 is 0. The highest BCUT2D eigenvalue weighted by molar-refractivity contribution is 5.79. The van der Waals surface area contributed by atoms with Crippen LogP contribution >= 0.6 is 0 Å². The summed E-state index contributed by atoms with van der Waals surface area (Å²) in [5, 5.41) is 6.86. The van der Waals surface area contributed by atoms with Crippen molar-refractivity contribution in [2.24, 2.45) is 4.99 Å². The molecule has 1 aliphatic heterocycles. The lowest BCUT2D eigenvalue weighted by molar-refractivity contribution is 0.157. The summed E-state index contributed by atoms with van der Waals surface area (Å²) in [6.07, 6.45) is 3.94. The van der Waals surface area contributed by atoms with Gasteiger partial charge in [0.25, 0.3) is 0 Å². The number of hydrogen-bond donors (Lipinski definition) is 2. The molecule has 0 radical (unpaired) electrons. The summed E-state index contributed by atoms with van der Waals surface area (Å²) in [6.45, 7) is 9.21. The first-order valence-corrected chi connectivity index (χ1v) is 9.16. The smallest absolute Gasteiger partial charge is 0.191 e. The van der Waals surface area contributed by atoms with Crippen molar-refractivity contribution in [3.05, 3.63) is 29.8 Å². The van der Waals surface area contributed by atoms with Crippen molar-refractivity contribution >= 4 is 5.96 Å². The molecule has 1 aromatic carbocycles. The molecular formula is C19H32N4O. The highest BCUT2D eigenvalue weighted by atomic mass is 16.5. The minimum Gasteiger partial charge on any atom is -0.497 e. The van der Waals surface area contributed by atoms with E-state index in [-0.39, 0.29) is 0 Å². The Morgan fingerprint density at radius 2 is 2.00 bits per heavy atom. The summed E-state index contributed by atoms with van der Waals surface area (Å²) < 4.78 is 5.19. The van der Waals surface area contributed by atoms with Crippen LogP contribution in [0, 0.1) is 0 Å². The number of hydrogen-bond acceptors (Lipinski definition) is 3. The van der Waals surface area contributed by atoms with Gasteiger partial charge < -0.3 is 15.4 Å². The molecule has 134 valence electrons. The van der Waals surface area contributed by atoms with E-state index in [1.807, 2.05) is 12.1 Å². The van der Waals surface area contributed by atoms with Gasteiger partial charge in [0.2, 0.25) is 0 Å². The first-order valence-electron chi connectivity index (χ1n) is 9.16. The van der Waals surface area contributed by atoms with Gasteiger partial charge in [-0.3, -0.25) is 4.90 Å². The first-order chi connectivity index (χ1) is 11.8. The van der Waals surface area contributed by atoms with Crippen LogP contribution in [0.2, 0.25) is 0 Å². The average Bonchev–Trinajstić information content (AvgIpc) is 2.64. The van der Waals surface area contributed by atoms with Gasteiger partial charge >= 0.3 is 0 Å². The summed E-state index contributed by atoms with van der Waals surface area (Å²) in [4.78, 5) is 7.28. The van der Waals surface area contributed by atoms with Gasteiger partial charge in [-0.1, -0.05) is 25.5 Å². The number of likely N-dealkylation sites (N-methyl/N-ethyl adjacent to an activating group) is 1. The molecule has 0 amide bonds. The molecule has 1 heterocycles. The third kappa shape index (κ3) is 5.71. The molecule has 0 spiro atoms. The second kappa shape index (κ2) is 10.2. The van der Waals surface area contributed by atoms with E-state index in [4.69, 9.17) is 9.73 Å². The lowest BCUT2D eigenvalue weighted by Gasteiger charge is -2.35. The van der Waals surface area contributed by atoms with Crippen molar-refractivity contribution in [1.82, 2.24) is 15.5 Å². The molecule has 1 saturated heterocycles. The van der Waals surface area contributed by atoms with E-state index in [1.165, 1.54) is 31.4 Å². The Bertz CT molecular complexity index is 501. The van der Waals surface area contributed by atoms with Crippen LogP contribution in [0.25, 0.3) is 0 Å². The molecule has 0 bridgehead atoms. The predicted molar refractivity (Wildman–Crippen MR) is 101 cm³/mol. The van der Waals surface area contributed by atoms with Gasteiger partial charge in [0.15, 0.2) is 5.96 Å². The van der Waals surface area contributed by atoms with Crippen LogP contribution in [0.3, 0.4) is 0 Å². The van der Waals surface area contributed by atoms with Crippen molar-refractivity contribution in [1.29, 1.82) is 0 Å². The normalized spacial score (nSPS) is 19.1. The van der Waals surface area contributed by atoms with Crippen molar-refractivity contribution in [3.8, 4) is 5.75 Å². The number of aliphatic imine (C=N–C) groups is 1. The van der Waals surface area contributed by atoms with Gasteiger partial charge in [-0.2, -0.15) is 0 Å². The van der Waals surface area contributed by atoms with E-state index in [9.17, 15) is 0 Å². The van der Waals surface area contributed by atoms with Gasteiger partial charge in [0.05, 0.1) is 13.7 Å². The van der Waals surface area contributed by atoms with E-state index in [0.717, 1.165) is 31.3 Å². The Morgan fingerprint density at radius 3 is 2.67 bits per heavy atom. The van der Waals surface area contributed by atoms with Gasteiger partial charge in [-0.05, 0) is 50.6 Å². The Morgan fingerprint density at radius 1 is 1.21 bits per heavy atom. The maximum absolute atomic E-state index is 5.19. The van der Waals surface area contributed by atoms with E-state index in [1.54, 1.807) is 7.11 Å². The molecule has 1 aliphatic rings. The topological polar surface area (TPSA) is 48.9 Å². The lowest BCUT2D eigenvalue weighted by Crippen LogP contribution is -2.49. The zero-order valence-corrected chi connectivity index (χ0v) is 15.3.